The number of hydrogen-bond donors (Lipinski definition) is 1. The second kappa shape index (κ2) is 6.09. The lowest BCUT2D eigenvalue weighted by atomic mass is 10.0. The Morgan fingerprint density at radius 1 is 1.15 bits per heavy atom. The minimum atomic E-state index is -0.0973. The normalized spacial score (nSPS) is 10.6. The number of benzene rings is 2. The molecule has 0 aliphatic rings. The summed E-state index contributed by atoms with van der Waals surface area (Å²) in [7, 11) is 0. The Balaban J connectivity index is 2.27. The molecule has 0 saturated carbocycles. The molecule has 0 unspecified atom stereocenters. The summed E-state index contributed by atoms with van der Waals surface area (Å²) in [6.45, 7) is 3.92. The molecule has 0 fully saturated rings. The van der Waals surface area contributed by atoms with Gasteiger partial charge >= 0.3 is 0 Å². The van der Waals surface area contributed by atoms with Gasteiger partial charge in [0.1, 0.15) is 5.75 Å². The quantitative estimate of drug-likeness (QED) is 0.678. The molecule has 2 N–H and O–H groups in total. The zero-order valence-electron chi connectivity index (χ0n) is 11.4. The molecule has 3 nitrogen and oxygen atoms in total. The monoisotopic (exact) mass is 333 g/mol. The lowest BCUT2D eigenvalue weighted by Gasteiger charge is -2.10. The highest BCUT2D eigenvalue weighted by Crippen LogP contribution is 2.23. The second-order valence-electron chi connectivity index (χ2n) is 4.75. The van der Waals surface area contributed by atoms with Crippen LogP contribution >= 0.6 is 15.9 Å². The number of nitrogen functional groups attached to an aromatic ring is 1. The van der Waals surface area contributed by atoms with Gasteiger partial charge in [0.05, 0.1) is 6.10 Å². The summed E-state index contributed by atoms with van der Waals surface area (Å²) in [5.74, 6) is 0.652. The number of ether oxygens (including phenoxy) is 1. The van der Waals surface area contributed by atoms with Gasteiger partial charge in [0.15, 0.2) is 5.78 Å². The van der Waals surface area contributed by atoms with E-state index in [2.05, 4.69) is 15.9 Å². The lowest BCUT2D eigenvalue weighted by molar-refractivity contribution is 0.103. The van der Waals surface area contributed by atoms with E-state index in [4.69, 9.17) is 10.5 Å². The van der Waals surface area contributed by atoms with Crippen molar-refractivity contribution in [2.45, 2.75) is 20.0 Å². The van der Waals surface area contributed by atoms with Crippen molar-refractivity contribution in [1.82, 2.24) is 0 Å². The van der Waals surface area contributed by atoms with Crippen LogP contribution in [0.25, 0.3) is 0 Å². The third-order valence-corrected chi connectivity index (χ3v) is 3.24. The number of carbonyl (C=O) groups is 1. The highest BCUT2D eigenvalue weighted by molar-refractivity contribution is 9.10. The molecular formula is C16H16BrNO2. The van der Waals surface area contributed by atoms with Crippen molar-refractivity contribution in [3.63, 3.8) is 0 Å². The van der Waals surface area contributed by atoms with E-state index in [1.807, 2.05) is 19.9 Å². The van der Waals surface area contributed by atoms with Gasteiger partial charge in [0.2, 0.25) is 0 Å². The molecule has 0 aliphatic heterocycles. The molecule has 0 amide bonds. The summed E-state index contributed by atoms with van der Waals surface area (Å²) in [4.78, 5) is 12.4. The Labute approximate surface area is 126 Å². The molecule has 0 spiro atoms. The van der Waals surface area contributed by atoms with Crippen LogP contribution in [0.1, 0.15) is 29.8 Å². The highest BCUT2D eigenvalue weighted by atomic mass is 79.9. The Bertz CT molecular complexity index is 621. The third-order valence-electron chi connectivity index (χ3n) is 2.75. The van der Waals surface area contributed by atoms with Gasteiger partial charge in [-0.05, 0) is 56.3 Å². The van der Waals surface area contributed by atoms with Crippen LogP contribution in [0.15, 0.2) is 46.9 Å². The number of anilines is 1. The maximum Gasteiger partial charge on any atom is 0.195 e. The average molecular weight is 334 g/mol. The average Bonchev–Trinajstić information content (AvgIpc) is 2.41. The van der Waals surface area contributed by atoms with Gasteiger partial charge in [-0.25, -0.2) is 0 Å². The Morgan fingerprint density at radius 3 is 2.40 bits per heavy atom. The molecule has 104 valence electrons. The lowest BCUT2D eigenvalue weighted by Crippen LogP contribution is -2.07. The fourth-order valence-electron chi connectivity index (χ4n) is 1.84. The summed E-state index contributed by atoms with van der Waals surface area (Å²) in [6.07, 6.45) is 0.109. The van der Waals surface area contributed by atoms with Crippen molar-refractivity contribution < 1.29 is 9.53 Å². The van der Waals surface area contributed by atoms with Gasteiger partial charge in [0.25, 0.3) is 0 Å². The Kier molecular flexibility index (Phi) is 4.45. The summed E-state index contributed by atoms with van der Waals surface area (Å²) < 4.78 is 6.38. The van der Waals surface area contributed by atoms with Gasteiger partial charge in [-0.15, -0.1) is 0 Å². The first-order chi connectivity index (χ1) is 9.47. The molecule has 0 radical (unpaired) electrons. The van der Waals surface area contributed by atoms with Crippen molar-refractivity contribution >= 4 is 27.4 Å². The topological polar surface area (TPSA) is 52.3 Å². The summed E-state index contributed by atoms with van der Waals surface area (Å²) in [5, 5.41) is 0. The number of ketones is 1. The molecule has 2 rings (SSSR count). The summed E-state index contributed by atoms with van der Waals surface area (Å²) in [5.41, 5.74) is 7.42. The third kappa shape index (κ3) is 3.39. The van der Waals surface area contributed by atoms with Gasteiger partial charge < -0.3 is 10.5 Å². The van der Waals surface area contributed by atoms with Crippen LogP contribution in [-0.2, 0) is 0 Å². The van der Waals surface area contributed by atoms with Gasteiger partial charge in [-0.2, -0.15) is 0 Å². The minimum absolute atomic E-state index is 0.0973. The first-order valence-electron chi connectivity index (χ1n) is 6.34. The van der Waals surface area contributed by atoms with E-state index in [-0.39, 0.29) is 11.9 Å². The number of carbonyl (C=O) groups excluding carboxylic acids is 1. The van der Waals surface area contributed by atoms with Crippen molar-refractivity contribution in [2.75, 3.05) is 5.73 Å². The molecule has 0 atom stereocenters. The maximum atomic E-state index is 12.4. The largest absolute Gasteiger partial charge is 0.491 e. The standard InChI is InChI=1S/C16H16BrNO2/c1-10(2)20-13-6-3-11(4-7-13)16(19)14-9-12(17)5-8-15(14)18/h3-10H,18H2,1-2H3. The first kappa shape index (κ1) is 14.6. The van der Waals surface area contributed by atoms with Crippen LogP contribution in [0.5, 0.6) is 5.75 Å². The van der Waals surface area contributed by atoms with E-state index < -0.39 is 0 Å². The number of nitrogens with two attached hydrogens (primary N) is 1. The number of hydrogen-bond acceptors (Lipinski definition) is 3. The molecule has 2 aromatic rings. The fourth-order valence-corrected chi connectivity index (χ4v) is 2.20. The van der Waals surface area contributed by atoms with Gasteiger partial charge in [-0.3, -0.25) is 4.79 Å². The van der Waals surface area contributed by atoms with Crippen molar-refractivity contribution in [3.8, 4) is 5.75 Å². The number of rotatable bonds is 4. The van der Waals surface area contributed by atoms with Crippen LogP contribution in [0, 0.1) is 0 Å². The van der Waals surface area contributed by atoms with Crippen LogP contribution in [0.3, 0.4) is 0 Å². The fraction of sp³-hybridized carbons (Fsp3) is 0.188. The molecule has 0 aromatic heterocycles. The summed E-state index contributed by atoms with van der Waals surface area (Å²) >= 11 is 3.35. The Hall–Kier alpha value is -1.81. The maximum absolute atomic E-state index is 12.4. The zero-order valence-corrected chi connectivity index (χ0v) is 13.0. The minimum Gasteiger partial charge on any atom is -0.491 e. The molecule has 0 aliphatic carbocycles. The highest BCUT2D eigenvalue weighted by Gasteiger charge is 2.13. The predicted octanol–water partition coefficient (Wildman–Crippen LogP) is 4.05. The van der Waals surface area contributed by atoms with E-state index in [9.17, 15) is 4.79 Å². The van der Waals surface area contributed by atoms with Crippen molar-refractivity contribution in [2.24, 2.45) is 0 Å². The molecule has 20 heavy (non-hydrogen) atoms. The molecule has 2 aromatic carbocycles. The van der Waals surface area contributed by atoms with Crippen LogP contribution in [-0.4, -0.2) is 11.9 Å². The second-order valence-corrected chi connectivity index (χ2v) is 5.67. The molecule has 0 saturated heterocycles. The van der Waals surface area contributed by atoms with E-state index in [0.29, 0.717) is 16.8 Å². The molecular weight excluding hydrogens is 318 g/mol. The van der Waals surface area contributed by atoms with Crippen LogP contribution in [0.2, 0.25) is 0 Å². The predicted molar refractivity (Wildman–Crippen MR) is 84.2 cm³/mol. The van der Waals surface area contributed by atoms with Gasteiger partial charge in [-0.1, -0.05) is 15.9 Å². The van der Waals surface area contributed by atoms with E-state index >= 15 is 0 Å². The van der Waals surface area contributed by atoms with Gasteiger partial charge in [0, 0.05) is 21.3 Å². The van der Waals surface area contributed by atoms with Crippen molar-refractivity contribution in [1.29, 1.82) is 0 Å². The molecule has 4 heteroatoms. The Morgan fingerprint density at radius 2 is 1.80 bits per heavy atom. The SMILES string of the molecule is CC(C)Oc1ccc(C(=O)c2cc(Br)ccc2N)cc1. The molecule has 0 bridgehead atoms. The van der Waals surface area contributed by atoms with E-state index in [1.165, 1.54) is 0 Å². The van der Waals surface area contributed by atoms with Crippen LogP contribution in [0.4, 0.5) is 5.69 Å². The van der Waals surface area contributed by atoms with E-state index in [1.54, 1.807) is 36.4 Å². The van der Waals surface area contributed by atoms with Crippen molar-refractivity contribution in [3.05, 3.63) is 58.1 Å². The smallest absolute Gasteiger partial charge is 0.195 e. The van der Waals surface area contributed by atoms with E-state index in [0.717, 1.165) is 10.2 Å². The van der Waals surface area contributed by atoms with Crippen LogP contribution < -0.4 is 10.5 Å². The summed E-state index contributed by atoms with van der Waals surface area (Å²) in [6, 6.07) is 12.3. The first-order valence-corrected chi connectivity index (χ1v) is 7.13. The molecule has 0 heterocycles. The number of halogens is 1. The zero-order chi connectivity index (χ0) is 14.7.